The number of nitrogens with one attached hydrogen (secondary N) is 1. The number of fused-ring (bicyclic) bond motifs is 2. The number of ether oxygens (including phenoxy) is 3. The van der Waals surface area contributed by atoms with Crippen molar-refractivity contribution in [3.8, 4) is 11.5 Å². The molecule has 0 spiro atoms. The fourth-order valence-corrected chi connectivity index (χ4v) is 5.40. The summed E-state index contributed by atoms with van der Waals surface area (Å²) in [5.41, 5.74) is 1.87. The smallest absolute Gasteiger partial charge is 0.416 e. The van der Waals surface area contributed by atoms with E-state index in [-0.39, 0.29) is 46.7 Å². The Bertz CT molecular complexity index is 1390. The van der Waals surface area contributed by atoms with Crippen molar-refractivity contribution in [2.45, 2.75) is 23.6 Å². The normalized spacial score (nSPS) is 19.1. The Balaban J connectivity index is 1.79. The Hall–Kier alpha value is -3.87. The highest BCUT2D eigenvalue weighted by Crippen LogP contribution is 2.42. The Labute approximate surface area is 220 Å². The third-order valence-electron chi connectivity index (χ3n) is 6.56. The highest BCUT2D eigenvalue weighted by Gasteiger charge is 2.45. The van der Waals surface area contributed by atoms with E-state index in [1.165, 1.54) is 56.5 Å². The van der Waals surface area contributed by atoms with E-state index in [1.54, 1.807) is 17.0 Å². The van der Waals surface area contributed by atoms with E-state index < -0.39 is 28.4 Å². The van der Waals surface area contributed by atoms with Gasteiger partial charge in [-0.25, -0.2) is 22.8 Å². The number of benzene rings is 2. The first-order valence-electron chi connectivity index (χ1n) is 11.7. The number of carbonyl (C=O) groups excluding carboxylic acids is 2. The van der Waals surface area contributed by atoms with E-state index in [9.17, 15) is 23.1 Å². The van der Waals surface area contributed by atoms with Crippen LogP contribution in [0.4, 0.5) is 10.5 Å². The Morgan fingerprint density at radius 3 is 2.55 bits per heavy atom. The minimum atomic E-state index is -3.59. The summed E-state index contributed by atoms with van der Waals surface area (Å²) in [6.07, 6.45) is 1.84. The Morgan fingerprint density at radius 2 is 1.95 bits per heavy atom. The van der Waals surface area contributed by atoms with Crippen LogP contribution in [0.25, 0.3) is 5.57 Å². The van der Waals surface area contributed by atoms with Gasteiger partial charge in [-0.15, -0.1) is 0 Å². The summed E-state index contributed by atoms with van der Waals surface area (Å²) in [4.78, 5) is 29.9. The molecular weight excluding hydrogens is 514 g/mol. The van der Waals surface area contributed by atoms with Crippen LogP contribution in [0.2, 0.25) is 0 Å². The van der Waals surface area contributed by atoms with Crippen molar-refractivity contribution < 1.29 is 37.3 Å². The molecule has 0 fully saturated rings. The van der Waals surface area contributed by atoms with Gasteiger partial charge in [0.2, 0.25) is 10.0 Å². The molecule has 2 aliphatic rings. The van der Waals surface area contributed by atoms with Crippen molar-refractivity contribution in [2.75, 3.05) is 39.3 Å². The van der Waals surface area contributed by atoms with Crippen molar-refractivity contribution in [2.24, 2.45) is 0 Å². The SMILES string of the molecule is C=CCOC(=O)N1c2cc(O)c(OC)cc2C(=O)N2CC=C(c3ccc(S(=O)(=O)NC)cc3)CC2C1OC. The highest BCUT2D eigenvalue weighted by molar-refractivity contribution is 7.89. The molecule has 2 amide bonds. The molecule has 2 atom stereocenters. The molecule has 2 aliphatic heterocycles. The van der Waals surface area contributed by atoms with Crippen molar-refractivity contribution >= 4 is 33.3 Å². The molecule has 0 radical (unpaired) electrons. The number of rotatable bonds is 7. The van der Waals surface area contributed by atoms with Crippen LogP contribution in [0, 0.1) is 0 Å². The zero-order chi connectivity index (χ0) is 27.6. The van der Waals surface area contributed by atoms with Crippen LogP contribution >= 0.6 is 0 Å². The molecule has 0 aromatic heterocycles. The van der Waals surface area contributed by atoms with Gasteiger partial charge in [-0.05, 0) is 42.8 Å². The van der Waals surface area contributed by atoms with Crippen LogP contribution < -0.4 is 14.4 Å². The average molecular weight is 544 g/mol. The van der Waals surface area contributed by atoms with E-state index in [1.807, 2.05) is 6.08 Å². The molecule has 0 saturated heterocycles. The Kier molecular flexibility index (Phi) is 7.76. The van der Waals surface area contributed by atoms with Gasteiger partial charge in [-0.1, -0.05) is 30.9 Å². The van der Waals surface area contributed by atoms with Crippen molar-refractivity contribution in [1.29, 1.82) is 0 Å². The number of carbonyl (C=O) groups is 2. The minimum Gasteiger partial charge on any atom is -0.504 e. The van der Waals surface area contributed by atoms with E-state index in [0.29, 0.717) is 6.42 Å². The molecule has 2 N–H and O–H groups in total. The lowest BCUT2D eigenvalue weighted by molar-refractivity contribution is 0.0175. The molecule has 2 aromatic rings. The maximum atomic E-state index is 13.8. The maximum absolute atomic E-state index is 13.8. The van der Waals surface area contributed by atoms with Crippen LogP contribution in [0.1, 0.15) is 22.3 Å². The first-order valence-corrected chi connectivity index (χ1v) is 13.2. The number of sulfonamides is 1. The topological polar surface area (TPSA) is 135 Å². The number of hydrogen-bond acceptors (Lipinski definition) is 8. The molecule has 38 heavy (non-hydrogen) atoms. The zero-order valence-corrected chi connectivity index (χ0v) is 22.0. The first kappa shape index (κ1) is 27.2. The van der Waals surface area contributed by atoms with E-state index in [0.717, 1.165) is 11.1 Å². The average Bonchev–Trinajstić information content (AvgIpc) is 3.03. The molecule has 0 aliphatic carbocycles. The summed E-state index contributed by atoms with van der Waals surface area (Å²) in [6, 6.07) is 8.43. The fraction of sp³-hybridized carbons (Fsp3) is 0.308. The van der Waals surface area contributed by atoms with Crippen LogP contribution in [-0.2, 0) is 19.5 Å². The first-order chi connectivity index (χ1) is 18.2. The number of amides is 2. The summed E-state index contributed by atoms with van der Waals surface area (Å²) in [7, 11) is 0.535. The number of nitrogens with zero attached hydrogens (tertiary/aromatic N) is 2. The van der Waals surface area contributed by atoms with Crippen molar-refractivity contribution in [1.82, 2.24) is 9.62 Å². The van der Waals surface area contributed by atoms with Gasteiger partial charge in [0.05, 0.1) is 29.3 Å². The third kappa shape index (κ3) is 4.85. The molecule has 12 heteroatoms. The molecule has 4 rings (SSSR count). The maximum Gasteiger partial charge on any atom is 0.416 e. The lowest BCUT2D eigenvalue weighted by Crippen LogP contribution is -2.55. The molecule has 2 heterocycles. The third-order valence-corrected chi connectivity index (χ3v) is 7.99. The number of aromatic hydroxyl groups is 1. The van der Waals surface area contributed by atoms with Gasteiger partial charge in [0, 0.05) is 19.7 Å². The van der Waals surface area contributed by atoms with Crippen LogP contribution in [0.3, 0.4) is 0 Å². The molecule has 11 nitrogen and oxygen atoms in total. The summed E-state index contributed by atoms with van der Waals surface area (Å²) in [6.45, 7) is 3.70. The van der Waals surface area contributed by atoms with E-state index in [2.05, 4.69) is 11.3 Å². The summed E-state index contributed by atoms with van der Waals surface area (Å²) in [5.74, 6) is -0.561. The van der Waals surface area contributed by atoms with Crippen molar-refractivity contribution in [3.63, 3.8) is 0 Å². The summed E-state index contributed by atoms with van der Waals surface area (Å²) < 4.78 is 42.8. The number of anilines is 1. The van der Waals surface area contributed by atoms with Gasteiger partial charge >= 0.3 is 6.09 Å². The number of phenols is 1. The van der Waals surface area contributed by atoms with Crippen molar-refractivity contribution in [3.05, 3.63) is 66.3 Å². The zero-order valence-electron chi connectivity index (χ0n) is 21.2. The van der Waals surface area contributed by atoms with E-state index in [4.69, 9.17) is 14.2 Å². The number of hydrogen-bond donors (Lipinski definition) is 2. The largest absolute Gasteiger partial charge is 0.504 e. The second-order valence-corrected chi connectivity index (χ2v) is 10.5. The molecule has 2 unspecified atom stereocenters. The summed E-state index contributed by atoms with van der Waals surface area (Å²) >= 11 is 0. The predicted octanol–water partition coefficient (Wildman–Crippen LogP) is 2.72. The van der Waals surface area contributed by atoms with Gasteiger partial charge in [0.15, 0.2) is 17.7 Å². The molecule has 202 valence electrons. The lowest BCUT2D eigenvalue weighted by Gasteiger charge is -2.40. The number of methoxy groups -OCH3 is 2. The second kappa shape index (κ2) is 10.9. The van der Waals surface area contributed by atoms with Gasteiger partial charge in [0.1, 0.15) is 6.61 Å². The molecule has 0 bridgehead atoms. The number of phenolic OH excluding ortho intramolecular Hbond substituents is 1. The predicted molar refractivity (Wildman–Crippen MR) is 140 cm³/mol. The lowest BCUT2D eigenvalue weighted by atomic mass is 9.93. The monoisotopic (exact) mass is 543 g/mol. The molecule has 2 aromatic carbocycles. The van der Waals surface area contributed by atoms with Gasteiger partial charge in [0.25, 0.3) is 5.91 Å². The molecule has 0 saturated carbocycles. The highest BCUT2D eigenvalue weighted by atomic mass is 32.2. The standard InChI is InChI=1S/C26H29N3O8S/c1-5-12-37-26(32)29-20-15-22(30)23(35-3)14-19(20)24(31)28-11-10-17(13-21(28)25(29)36-4)16-6-8-18(9-7-16)38(33,34)27-2/h5-10,14-15,21,25,27,30H,1,11-13H2,2-4H3. The second-order valence-electron chi connectivity index (χ2n) is 8.59. The van der Waals surface area contributed by atoms with Crippen LogP contribution in [-0.4, -0.2) is 77.1 Å². The van der Waals surface area contributed by atoms with Crippen LogP contribution in [0.5, 0.6) is 11.5 Å². The molecular formula is C26H29N3O8S. The fourth-order valence-electron chi connectivity index (χ4n) is 4.67. The summed E-state index contributed by atoms with van der Waals surface area (Å²) in [5, 5.41) is 10.5. The van der Waals surface area contributed by atoms with Gasteiger partial charge in [-0.2, -0.15) is 0 Å². The Morgan fingerprint density at radius 1 is 1.24 bits per heavy atom. The van der Waals surface area contributed by atoms with E-state index >= 15 is 0 Å². The quantitative estimate of drug-likeness (QED) is 0.509. The van der Waals surface area contributed by atoms with Gasteiger partial charge in [-0.3, -0.25) is 4.79 Å². The van der Waals surface area contributed by atoms with Gasteiger partial charge < -0.3 is 24.2 Å². The van der Waals surface area contributed by atoms with Crippen LogP contribution in [0.15, 0.2) is 60.0 Å². The minimum absolute atomic E-state index is 0.0708.